The van der Waals surface area contributed by atoms with Gasteiger partial charge in [-0.25, -0.2) is 0 Å². The molecule has 0 radical (unpaired) electrons. The lowest BCUT2D eigenvalue weighted by Crippen LogP contribution is -2.38. The number of fused-ring (bicyclic) bond motifs is 1. The number of nitrogens with zero attached hydrogens (tertiary/aromatic N) is 1. The van der Waals surface area contributed by atoms with Gasteiger partial charge >= 0.3 is 0 Å². The smallest absolute Gasteiger partial charge is 0.124 e. The van der Waals surface area contributed by atoms with Crippen molar-refractivity contribution in [2.45, 2.75) is 57.8 Å². The Hall–Kier alpha value is -1.61. The van der Waals surface area contributed by atoms with Crippen LogP contribution >= 0.6 is 0 Å². The van der Waals surface area contributed by atoms with Gasteiger partial charge in [-0.05, 0) is 28.8 Å². The van der Waals surface area contributed by atoms with Crippen LogP contribution in [0.2, 0.25) is 19.6 Å². The summed E-state index contributed by atoms with van der Waals surface area (Å²) in [7, 11) is -1.61. The van der Waals surface area contributed by atoms with Crippen LogP contribution in [0.1, 0.15) is 37.7 Å². The quantitative estimate of drug-likeness (QED) is 0.635. The van der Waals surface area contributed by atoms with Crippen molar-refractivity contribution in [3.05, 3.63) is 35.9 Å². The Balaban J connectivity index is 2.09. The summed E-state index contributed by atoms with van der Waals surface area (Å²) < 4.78 is 0. The predicted octanol–water partition coefficient (Wildman–Crippen LogP) is 4.84. The highest BCUT2D eigenvalue weighted by atomic mass is 28.3. The van der Waals surface area contributed by atoms with E-state index in [0.29, 0.717) is 11.8 Å². The Labute approximate surface area is 140 Å². The molecule has 0 amide bonds. The van der Waals surface area contributed by atoms with E-state index in [2.05, 4.69) is 43.9 Å². The zero-order valence-electron chi connectivity index (χ0n) is 14.5. The SMILES string of the molecule is C[Si](C)(C)c1cc2ccccc2c(/C=N/C2CCCCC2)c1O. The third-order valence-corrected chi connectivity index (χ3v) is 6.86. The van der Waals surface area contributed by atoms with Gasteiger partial charge in [0.25, 0.3) is 0 Å². The Bertz CT molecular complexity index is 724. The van der Waals surface area contributed by atoms with Crippen molar-refractivity contribution in [3.8, 4) is 5.75 Å². The van der Waals surface area contributed by atoms with Crippen LogP contribution in [0.15, 0.2) is 35.3 Å². The number of rotatable bonds is 3. The molecule has 1 aliphatic carbocycles. The van der Waals surface area contributed by atoms with E-state index in [1.54, 1.807) is 0 Å². The van der Waals surface area contributed by atoms with Gasteiger partial charge in [0.1, 0.15) is 5.75 Å². The van der Waals surface area contributed by atoms with Gasteiger partial charge < -0.3 is 5.11 Å². The van der Waals surface area contributed by atoms with Gasteiger partial charge in [0.2, 0.25) is 0 Å². The molecule has 0 spiro atoms. The maximum Gasteiger partial charge on any atom is 0.124 e. The van der Waals surface area contributed by atoms with Crippen molar-refractivity contribution in [2.24, 2.45) is 4.99 Å². The topological polar surface area (TPSA) is 32.6 Å². The Morgan fingerprint density at radius 2 is 1.78 bits per heavy atom. The molecule has 1 fully saturated rings. The van der Waals surface area contributed by atoms with Crippen LogP contribution < -0.4 is 5.19 Å². The van der Waals surface area contributed by atoms with E-state index in [-0.39, 0.29) is 0 Å². The monoisotopic (exact) mass is 325 g/mol. The third kappa shape index (κ3) is 3.50. The minimum absolute atomic E-state index is 0.428. The van der Waals surface area contributed by atoms with Crippen molar-refractivity contribution in [1.29, 1.82) is 0 Å². The lowest BCUT2D eigenvalue weighted by molar-refractivity contribution is 0.444. The van der Waals surface area contributed by atoms with Crippen LogP contribution in [0.5, 0.6) is 5.75 Å². The normalized spacial score (nSPS) is 17.2. The van der Waals surface area contributed by atoms with Crippen LogP contribution in [-0.2, 0) is 0 Å². The highest BCUT2D eigenvalue weighted by molar-refractivity contribution is 6.89. The van der Waals surface area contributed by atoms with Crippen molar-refractivity contribution in [2.75, 3.05) is 0 Å². The first kappa shape index (κ1) is 16.3. The molecule has 0 unspecified atom stereocenters. The van der Waals surface area contributed by atoms with Crippen molar-refractivity contribution in [3.63, 3.8) is 0 Å². The van der Waals surface area contributed by atoms with E-state index in [1.165, 1.54) is 37.5 Å². The van der Waals surface area contributed by atoms with E-state index in [4.69, 9.17) is 4.99 Å². The molecule has 0 heterocycles. The van der Waals surface area contributed by atoms with E-state index >= 15 is 0 Å². The average Bonchev–Trinajstić information content (AvgIpc) is 2.53. The molecular formula is C20H27NOSi. The van der Waals surface area contributed by atoms with Crippen LogP contribution in [0.3, 0.4) is 0 Å². The number of hydrogen-bond acceptors (Lipinski definition) is 2. The van der Waals surface area contributed by atoms with Gasteiger partial charge in [-0.3, -0.25) is 4.99 Å². The summed E-state index contributed by atoms with van der Waals surface area (Å²) in [6.45, 7) is 6.83. The van der Waals surface area contributed by atoms with Crippen LogP contribution in [0.25, 0.3) is 10.8 Å². The first-order valence-corrected chi connectivity index (χ1v) is 12.2. The molecule has 0 saturated heterocycles. The minimum atomic E-state index is -1.61. The summed E-state index contributed by atoms with van der Waals surface area (Å²) in [5.74, 6) is 0.447. The molecule has 1 saturated carbocycles. The van der Waals surface area contributed by atoms with Crippen molar-refractivity contribution < 1.29 is 5.11 Å². The molecule has 2 aromatic rings. The second-order valence-corrected chi connectivity index (χ2v) is 12.8. The van der Waals surface area contributed by atoms with Crippen LogP contribution in [0.4, 0.5) is 0 Å². The number of aliphatic imine (C=N–C) groups is 1. The second-order valence-electron chi connectivity index (χ2n) is 7.73. The zero-order chi connectivity index (χ0) is 16.4. The summed E-state index contributed by atoms with van der Waals surface area (Å²) in [4.78, 5) is 4.82. The van der Waals surface area contributed by atoms with E-state index in [0.717, 1.165) is 16.1 Å². The average molecular weight is 326 g/mol. The summed E-state index contributed by atoms with van der Waals surface area (Å²) in [6.07, 6.45) is 8.21. The summed E-state index contributed by atoms with van der Waals surface area (Å²) in [5, 5.41) is 14.3. The minimum Gasteiger partial charge on any atom is -0.507 e. The fourth-order valence-electron chi connectivity index (χ4n) is 3.48. The molecule has 3 rings (SSSR count). The van der Waals surface area contributed by atoms with Crippen LogP contribution in [-0.4, -0.2) is 25.4 Å². The van der Waals surface area contributed by atoms with Crippen molar-refractivity contribution in [1.82, 2.24) is 0 Å². The lowest BCUT2D eigenvalue weighted by atomic mass is 9.96. The maximum absolute atomic E-state index is 10.9. The Kier molecular flexibility index (Phi) is 4.58. The number of hydrogen-bond donors (Lipinski definition) is 1. The maximum atomic E-state index is 10.9. The largest absolute Gasteiger partial charge is 0.507 e. The Morgan fingerprint density at radius 3 is 2.48 bits per heavy atom. The van der Waals surface area contributed by atoms with Gasteiger partial charge in [0.15, 0.2) is 0 Å². The lowest BCUT2D eigenvalue weighted by Gasteiger charge is -2.21. The van der Waals surface area contributed by atoms with Gasteiger partial charge in [0.05, 0.1) is 8.07 Å². The van der Waals surface area contributed by atoms with Gasteiger partial charge in [-0.1, -0.05) is 69.2 Å². The molecule has 0 aromatic heterocycles. The fraction of sp³-hybridized carbons (Fsp3) is 0.450. The molecule has 0 atom stereocenters. The first-order valence-electron chi connectivity index (χ1n) is 8.75. The van der Waals surface area contributed by atoms with E-state index < -0.39 is 8.07 Å². The molecule has 2 nitrogen and oxygen atoms in total. The molecule has 0 aliphatic heterocycles. The van der Waals surface area contributed by atoms with Crippen molar-refractivity contribution >= 4 is 30.2 Å². The number of aromatic hydroxyl groups is 1. The molecule has 1 N–H and O–H groups in total. The third-order valence-electron chi connectivity index (χ3n) is 4.86. The molecule has 0 bridgehead atoms. The second kappa shape index (κ2) is 6.48. The van der Waals surface area contributed by atoms with Crippen LogP contribution in [0, 0.1) is 0 Å². The van der Waals surface area contributed by atoms with E-state index in [1.807, 2.05) is 12.3 Å². The number of phenolic OH excluding ortho intramolecular Hbond substituents is 1. The molecule has 2 aromatic carbocycles. The van der Waals surface area contributed by atoms with E-state index in [9.17, 15) is 5.11 Å². The molecule has 23 heavy (non-hydrogen) atoms. The number of phenols is 1. The molecule has 3 heteroatoms. The zero-order valence-corrected chi connectivity index (χ0v) is 15.5. The fourth-order valence-corrected chi connectivity index (χ4v) is 4.91. The van der Waals surface area contributed by atoms with Gasteiger partial charge in [-0.2, -0.15) is 0 Å². The number of benzene rings is 2. The summed E-state index contributed by atoms with van der Waals surface area (Å²) in [6, 6.07) is 10.9. The molecule has 1 aliphatic rings. The Morgan fingerprint density at radius 1 is 1.09 bits per heavy atom. The first-order chi connectivity index (χ1) is 11.0. The predicted molar refractivity (Wildman–Crippen MR) is 103 cm³/mol. The highest BCUT2D eigenvalue weighted by Gasteiger charge is 2.23. The van der Waals surface area contributed by atoms with Gasteiger partial charge in [0, 0.05) is 17.8 Å². The van der Waals surface area contributed by atoms with Gasteiger partial charge in [-0.15, -0.1) is 0 Å². The standard InChI is InChI=1S/C20H27NOSi/c1-23(2,3)19-13-15-9-7-8-12-17(15)18(20(19)22)14-21-16-10-5-4-6-11-16/h7-9,12-14,16,22H,4-6,10-11H2,1-3H3/b21-14+. The summed E-state index contributed by atoms with van der Waals surface area (Å²) in [5.41, 5.74) is 0.908. The molecular weight excluding hydrogens is 298 g/mol. The summed E-state index contributed by atoms with van der Waals surface area (Å²) >= 11 is 0. The molecule has 122 valence electrons. The highest BCUT2D eigenvalue weighted by Crippen LogP contribution is 2.28.